The number of hydrogen-bond acceptors (Lipinski definition) is 2. The van der Waals surface area contributed by atoms with E-state index < -0.39 is 4.83 Å². The Kier molecular flexibility index (Phi) is 4.87. The van der Waals surface area contributed by atoms with Crippen molar-refractivity contribution in [1.82, 2.24) is 4.90 Å². The van der Waals surface area contributed by atoms with E-state index >= 15 is 0 Å². The molecular formula is C13H16BrNO2. The third-order valence-electron chi connectivity index (χ3n) is 2.47. The number of Topliss-reactive ketones (excluding diaryl/α,β-unsaturated/α-hetero) is 1. The number of rotatable bonds is 4. The van der Waals surface area contributed by atoms with Crippen LogP contribution in [0.3, 0.4) is 0 Å². The fourth-order valence-corrected chi connectivity index (χ4v) is 1.87. The number of carbonyl (C=O) groups is 2. The summed E-state index contributed by atoms with van der Waals surface area (Å²) in [6, 6.07) is 7.35. The van der Waals surface area contributed by atoms with Crippen molar-refractivity contribution in [3.05, 3.63) is 35.4 Å². The van der Waals surface area contributed by atoms with Gasteiger partial charge in [-0.1, -0.05) is 45.8 Å². The molecule has 1 rings (SSSR count). The number of nitrogens with zero attached hydrogens (tertiary/aromatic N) is 1. The molecule has 3 nitrogen and oxygen atoms in total. The summed E-state index contributed by atoms with van der Waals surface area (Å²) < 4.78 is 0. The van der Waals surface area contributed by atoms with Crippen molar-refractivity contribution in [3.8, 4) is 0 Å². The Morgan fingerprint density at radius 1 is 1.24 bits per heavy atom. The second kappa shape index (κ2) is 5.96. The fraction of sp³-hybridized carbons (Fsp3) is 0.385. The highest BCUT2D eigenvalue weighted by molar-refractivity contribution is 9.10. The van der Waals surface area contributed by atoms with E-state index in [0.717, 1.165) is 5.56 Å². The van der Waals surface area contributed by atoms with Crippen LogP contribution in [0.1, 0.15) is 22.3 Å². The smallest absolute Gasteiger partial charge is 0.223 e. The van der Waals surface area contributed by atoms with Crippen LogP contribution in [0, 0.1) is 6.92 Å². The summed E-state index contributed by atoms with van der Waals surface area (Å²) in [5.74, 6) is -0.118. The van der Waals surface area contributed by atoms with Gasteiger partial charge in [0.25, 0.3) is 0 Å². The quantitative estimate of drug-likeness (QED) is 0.632. The number of amides is 1. The second-order valence-corrected chi connectivity index (χ2v) is 5.30. The first-order valence-corrected chi connectivity index (χ1v) is 6.28. The molecule has 0 aliphatic heterocycles. The Balaban J connectivity index is 2.70. The predicted molar refractivity (Wildman–Crippen MR) is 71.5 cm³/mol. The summed E-state index contributed by atoms with van der Waals surface area (Å²) in [6.45, 7) is 1.97. The predicted octanol–water partition coefficient (Wildman–Crippen LogP) is 2.42. The number of carbonyl (C=O) groups excluding carboxylic acids is 2. The van der Waals surface area contributed by atoms with Gasteiger partial charge in [0.1, 0.15) is 0 Å². The van der Waals surface area contributed by atoms with Gasteiger partial charge in [-0.2, -0.15) is 0 Å². The summed E-state index contributed by atoms with van der Waals surface area (Å²) in [6.07, 6.45) is 0.180. The zero-order chi connectivity index (χ0) is 13.0. The van der Waals surface area contributed by atoms with Crippen LogP contribution in [-0.2, 0) is 4.79 Å². The van der Waals surface area contributed by atoms with Crippen LogP contribution < -0.4 is 0 Å². The van der Waals surface area contributed by atoms with Crippen LogP contribution in [0.25, 0.3) is 0 Å². The third-order valence-corrected chi connectivity index (χ3v) is 3.21. The molecule has 17 heavy (non-hydrogen) atoms. The molecule has 0 fully saturated rings. The summed E-state index contributed by atoms with van der Waals surface area (Å²) in [7, 11) is 3.36. The molecule has 0 bridgehead atoms. The highest BCUT2D eigenvalue weighted by Gasteiger charge is 2.20. The van der Waals surface area contributed by atoms with Gasteiger partial charge in [-0.25, -0.2) is 0 Å². The Labute approximate surface area is 110 Å². The highest BCUT2D eigenvalue weighted by atomic mass is 79.9. The Morgan fingerprint density at radius 2 is 1.76 bits per heavy atom. The van der Waals surface area contributed by atoms with Gasteiger partial charge in [0.05, 0.1) is 4.83 Å². The molecule has 1 atom stereocenters. The molecule has 92 valence electrons. The number of hydrogen-bond donors (Lipinski definition) is 0. The molecule has 0 radical (unpaired) electrons. The van der Waals surface area contributed by atoms with Crippen molar-refractivity contribution in [1.29, 1.82) is 0 Å². The van der Waals surface area contributed by atoms with Crippen LogP contribution in [0.15, 0.2) is 24.3 Å². The van der Waals surface area contributed by atoms with E-state index in [1.54, 1.807) is 26.2 Å². The first-order valence-electron chi connectivity index (χ1n) is 5.37. The maximum absolute atomic E-state index is 12.0. The minimum absolute atomic E-state index is 0.0554. The summed E-state index contributed by atoms with van der Waals surface area (Å²) in [5, 5.41) is 0. The van der Waals surface area contributed by atoms with Crippen LogP contribution in [0.2, 0.25) is 0 Å². The minimum atomic E-state index is -0.458. The Hall–Kier alpha value is -1.16. The molecule has 1 unspecified atom stereocenters. The van der Waals surface area contributed by atoms with E-state index in [1.807, 2.05) is 19.1 Å². The average Bonchev–Trinajstić information content (AvgIpc) is 2.28. The van der Waals surface area contributed by atoms with Gasteiger partial charge in [0.15, 0.2) is 5.78 Å². The number of ketones is 1. The molecule has 0 aliphatic rings. The lowest BCUT2D eigenvalue weighted by Gasteiger charge is -2.13. The van der Waals surface area contributed by atoms with Crippen LogP contribution >= 0.6 is 15.9 Å². The molecule has 0 heterocycles. The summed E-state index contributed by atoms with van der Waals surface area (Å²) in [4.78, 5) is 24.5. The molecular weight excluding hydrogens is 282 g/mol. The molecule has 0 spiro atoms. The highest BCUT2D eigenvalue weighted by Crippen LogP contribution is 2.15. The number of benzene rings is 1. The van der Waals surface area contributed by atoms with Gasteiger partial charge < -0.3 is 4.90 Å². The van der Waals surface area contributed by atoms with Gasteiger partial charge in [0.2, 0.25) is 5.91 Å². The molecule has 0 aliphatic carbocycles. The topological polar surface area (TPSA) is 37.4 Å². The third kappa shape index (κ3) is 3.97. The minimum Gasteiger partial charge on any atom is -0.349 e. The van der Waals surface area contributed by atoms with Crippen LogP contribution in [0.5, 0.6) is 0 Å². The van der Waals surface area contributed by atoms with E-state index in [-0.39, 0.29) is 18.1 Å². The molecule has 0 saturated heterocycles. The summed E-state index contributed by atoms with van der Waals surface area (Å²) >= 11 is 3.27. The lowest BCUT2D eigenvalue weighted by atomic mass is 10.0. The maximum Gasteiger partial charge on any atom is 0.223 e. The molecule has 4 heteroatoms. The van der Waals surface area contributed by atoms with E-state index in [0.29, 0.717) is 5.56 Å². The molecule has 0 N–H and O–H groups in total. The van der Waals surface area contributed by atoms with Gasteiger partial charge in [-0.15, -0.1) is 0 Å². The Morgan fingerprint density at radius 3 is 2.24 bits per heavy atom. The fourth-order valence-electron chi connectivity index (χ4n) is 1.33. The second-order valence-electron chi connectivity index (χ2n) is 4.19. The van der Waals surface area contributed by atoms with Crippen molar-refractivity contribution >= 4 is 27.6 Å². The normalized spacial score (nSPS) is 12.0. The molecule has 1 aromatic carbocycles. The van der Waals surface area contributed by atoms with Gasteiger partial charge >= 0.3 is 0 Å². The van der Waals surface area contributed by atoms with E-state index in [1.165, 1.54) is 4.90 Å². The zero-order valence-corrected chi connectivity index (χ0v) is 11.8. The maximum atomic E-state index is 12.0. The largest absolute Gasteiger partial charge is 0.349 e. The lowest BCUT2D eigenvalue weighted by molar-refractivity contribution is -0.128. The SMILES string of the molecule is Cc1ccc(C(=O)C(Br)CC(=O)N(C)C)cc1. The van der Waals surface area contributed by atoms with Crippen molar-refractivity contribution in [3.63, 3.8) is 0 Å². The molecule has 1 aromatic rings. The summed E-state index contributed by atoms with van der Waals surface area (Å²) in [5.41, 5.74) is 1.74. The van der Waals surface area contributed by atoms with Crippen molar-refractivity contribution in [2.45, 2.75) is 18.2 Å². The van der Waals surface area contributed by atoms with Crippen molar-refractivity contribution in [2.24, 2.45) is 0 Å². The molecule has 0 aromatic heterocycles. The van der Waals surface area contributed by atoms with Crippen LogP contribution in [-0.4, -0.2) is 35.5 Å². The van der Waals surface area contributed by atoms with Gasteiger partial charge in [-0.3, -0.25) is 9.59 Å². The zero-order valence-electron chi connectivity index (χ0n) is 10.2. The number of alkyl halides is 1. The monoisotopic (exact) mass is 297 g/mol. The van der Waals surface area contributed by atoms with E-state index in [4.69, 9.17) is 0 Å². The van der Waals surface area contributed by atoms with E-state index in [9.17, 15) is 9.59 Å². The average molecular weight is 298 g/mol. The lowest BCUT2D eigenvalue weighted by Crippen LogP contribution is -2.27. The first kappa shape index (κ1) is 13.9. The van der Waals surface area contributed by atoms with E-state index in [2.05, 4.69) is 15.9 Å². The van der Waals surface area contributed by atoms with Gasteiger partial charge in [0, 0.05) is 26.1 Å². The Bertz CT molecular complexity index is 412. The number of aryl methyl sites for hydroxylation is 1. The number of halogens is 1. The van der Waals surface area contributed by atoms with Gasteiger partial charge in [-0.05, 0) is 6.92 Å². The van der Waals surface area contributed by atoms with Crippen molar-refractivity contribution < 1.29 is 9.59 Å². The van der Waals surface area contributed by atoms with Crippen LogP contribution in [0.4, 0.5) is 0 Å². The first-order chi connectivity index (χ1) is 7.91. The molecule has 0 saturated carbocycles. The van der Waals surface area contributed by atoms with Crippen molar-refractivity contribution in [2.75, 3.05) is 14.1 Å². The standard InChI is InChI=1S/C13H16BrNO2/c1-9-4-6-10(7-5-9)13(17)11(14)8-12(16)15(2)3/h4-7,11H,8H2,1-3H3. The molecule has 1 amide bonds.